The second kappa shape index (κ2) is 14.5. The third-order valence-electron chi connectivity index (χ3n) is 7.34. The Labute approximate surface area is 264 Å². The minimum absolute atomic E-state index is 0.000559. The van der Waals surface area contributed by atoms with Gasteiger partial charge in [0.2, 0.25) is 12.6 Å². The van der Waals surface area contributed by atoms with Crippen LogP contribution in [-0.4, -0.2) is 68.4 Å². The predicted molar refractivity (Wildman–Crippen MR) is 159 cm³/mol. The molecule has 3 atom stereocenters. The van der Waals surface area contributed by atoms with Gasteiger partial charge in [-0.25, -0.2) is 28.1 Å². The number of aliphatic hydroxyl groups is 1. The van der Waals surface area contributed by atoms with Crippen molar-refractivity contribution in [2.24, 2.45) is 0 Å². The van der Waals surface area contributed by atoms with Gasteiger partial charge in [0.15, 0.2) is 11.7 Å². The quantitative estimate of drug-likeness (QED) is 0.125. The summed E-state index contributed by atoms with van der Waals surface area (Å²) in [6.07, 6.45) is 5.89. The van der Waals surface area contributed by atoms with Crippen molar-refractivity contribution in [1.29, 1.82) is 0 Å². The van der Waals surface area contributed by atoms with Gasteiger partial charge >= 0.3 is 5.97 Å². The molecule has 0 aliphatic rings. The summed E-state index contributed by atoms with van der Waals surface area (Å²) < 4.78 is 57.8. The average Bonchev–Trinajstić information content (AvgIpc) is 3.47. The van der Waals surface area contributed by atoms with Gasteiger partial charge in [-0.2, -0.15) is 4.57 Å². The number of halogens is 3. The third kappa shape index (κ3) is 7.84. The zero-order chi connectivity index (χ0) is 33.6. The standard InChI is InChI=1S/C31H36F3N8O4/c1-20(29-27(34)13-35-17-37-29)31(44,25-10-9-24(32)12-26(25)33)16-42-19-41(18-38-42)22(3)46-21(2)40(6)30-23(8-7-11-36-30)15-45-28(43)14-39(4)5/h7-13,17-20,22,44H,2,14-16H2,1,3-6H3/q+1/t20-,22?,31+/m0/s1. The Bertz CT molecular complexity index is 1690. The molecule has 244 valence electrons. The van der Waals surface area contributed by atoms with Gasteiger partial charge < -0.3 is 19.5 Å². The Morgan fingerprint density at radius 1 is 1.15 bits per heavy atom. The second-order valence-electron chi connectivity index (χ2n) is 11.0. The van der Waals surface area contributed by atoms with Crippen LogP contribution in [0.15, 0.2) is 74.2 Å². The SMILES string of the molecule is C=C(OC(C)[n+]1cnn(C[C@](O)(c2ccc(F)cc2F)[C@@H](C)c2ncncc2F)c1)N(C)c1ncccc1COC(=O)CN(C)C. The molecule has 0 spiro atoms. The van der Waals surface area contributed by atoms with Crippen LogP contribution >= 0.6 is 0 Å². The van der Waals surface area contributed by atoms with Gasteiger partial charge in [-0.15, -0.1) is 4.68 Å². The summed E-state index contributed by atoms with van der Waals surface area (Å²) in [6, 6.07) is 6.26. The fraction of sp³-hybridized carbons (Fsp3) is 0.355. The molecule has 0 fully saturated rings. The van der Waals surface area contributed by atoms with Crippen LogP contribution in [0.4, 0.5) is 19.0 Å². The maximum absolute atomic E-state index is 15.1. The molecule has 0 saturated heterocycles. The van der Waals surface area contributed by atoms with Crippen molar-refractivity contribution in [3.63, 3.8) is 0 Å². The van der Waals surface area contributed by atoms with Gasteiger partial charge in [-0.3, -0.25) is 9.69 Å². The van der Waals surface area contributed by atoms with Gasteiger partial charge in [-0.05, 0) is 32.8 Å². The van der Waals surface area contributed by atoms with E-state index in [1.807, 2.05) is 0 Å². The molecule has 0 bridgehead atoms. The van der Waals surface area contributed by atoms with E-state index in [9.17, 15) is 18.7 Å². The second-order valence-corrected chi connectivity index (χ2v) is 11.0. The number of carbonyl (C=O) groups excluding carboxylic acids is 1. The maximum atomic E-state index is 15.1. The van der Waals surface area contributed by atoms with E-state index in [2.05, 4.69) is 26.6 Å². The Morgan fingerprint density at radius 2 is 1.91 bits per heavy atom. The molecule has 1 aromatic carbocycles. The number of benzene rings is 1. The van der Waals surface area contributed by atoms with Crippen LogP contribution < -0.4 is 9.47 Å². The van der Waals surface area contributed by atoms with E-state index in [0.717, 1.165) is 24.7 Å². The van der Waals surface area contributed by atoms with Crippen molar-refractivity contribution in [2.75, 3.05) is 32.6 Å². The topological polar surface area (TPSA) is 123 Å². The van der Waals surface area contributed by atoms with Gasteiger partial charge in [0.05, 0.1) is 18.4 Å². The third-order valence-corrected chi connectivity index (χ3v) is 7.34. The lowest BCUT2D eigenvalue weighted by atomic mass is 9.79. The van der Waals surface area contributed by atoms with E-state index in [1.54, 1.807) is 60.8 Å². The highest BCUT2D eigenvalue weighted by atomic mass is 19.1. The number of carbonyl (C=O) groups is 1. The van der Waals surface area contributed by atoms with Crippen molar-refractivity contribution < 1.29 is 37.1 Å². The largest absolute Gasteiger partial charge is 0.460 e. The fourth-order valence-corrected chi connectivity index (χ4v) is 4.78. The van der Waals surface area contributed by atoms with Gasteiger partial charge in [-0.1, -0.05) is 19.1 Å². The van der Waals surface area contributed by atoms with Crippen LogP contribution in [0.1, 0.15) is 42.8 Å². The Kier molecular flexibility index (Phi) is 10.7. The molecule has 0 saturated carbocycles. The summed E-state index contributed by atoms with van der Waals surface area (Å²) in [7, 11) is 5.23. The van der Waals surface area contributed by atoms with Crippen LogP contribution in [0.5, 0.6) is 0 Å². The highest BCUT2D eigenvalue weighted by molar-refractivity contribution is 5.71. The number of pyridine rings is 1. The summed E-state index contributed by atoms with van der Waals surface area (Å²) in [5.41, 5.74) is -1.90. The van der Waals surface area contributed by atoms with Crippen molar-refractivity contribution in [2.45, 2.75) is 44.7 Å². The number of anilines is 1. The Morgan fingerprint density at radius 3 is 2.61 bits per heavy atom. The van der Waals surface area contributed by atoms with Gasteiger partial charge in [0.1, 0.15) is 42.5 Å². The molecule has 0 aliphatic heterocycles. The number of nitrogens with zero attached hydrogens (tertiary/aromatic N) is 8. The molecule has 0 aliphatic carbocycles. The van der Waals surface area contributed by atoms with Gasteiger partial charge in [0.25, 0.3) is 6.33 Å². The molecular weight excluding hydrogens is 605 g/mol. The van der Waals surface area contributed by atoms with Gasteiger partial charge in [0, 0.05) is 48.4 Å². The van der Waals surface area contributed by atoms with Crippen LogP contribution in [0.25, 0.3) is 0 Å². The first-order valence-electron chi connectivity index (χ1n) is 14.2. The monoisotopic (exact) mass is 641 g/mol. The van der Waals surface area contributed by atoms with Crippen LogP contribution in [-0.2, 0) is 33.0 Å². The fourth-order valence-electron chi connectivity index (χ4n) is 4.78. The first kappa shape index (κ1) is 34.0. The normalized spacial score (nSPS) is 14.0. The number of hydrogen-bond donors (Lipinski definition) is 1. The van der Waals surface area contributed by atoms with Crippen LogP contribution in [0, 0.1) is 17.5 Å². The number of aromatic nitrogens is 6. The molecule has 15 heteroatoms. The number of ether oxygens (including phenoxy) is 2. The van der Waals surface area contributed by atoms with Crippen LogP contribution in [0.2, 0.25) is 0 Å². The van der Waals surface area contributed by atoms with E-state index in [4.69, 9.17) is 9.47 Å². The first-order chi connectivity index (χ1) is 21.8. The molecule has 0 radical (unpaired) electrons. The molecule has 4 aromatic rings. The van der Waals surface area contributed by atoms with E-state index in [1.165, 1.54) is 24.3 Å². The molecule has 4 rings (SSSR count). The summed E-state index contributed by atoms with van der Waals surface area (Å²) in [4.78, 5) is 27.3. The van der Waals surface area contributed by atoms with Crippen LogP contribution in [0.3, 0.4) is 0 Å². The van der Waals surface area contributed by atoms with Crippen molar-refractivity contribution in [3.05, 3.63) is 108 Å². The lowest BCUT2D eigenvalue weighted by Gasteiger charge is -2.32. The Hall–Kier alpha value is -4.89. The summed E-state index contributed by atoms with van der Waals surface area (Å²) >= 11 is 0. The van der Waals surface area contributed by atoms with E-state index < -0.39 is 35.2 Å². The average molecular weight is 642 g/mol. The Balaban J connectivity index is 1.52. The molecular formula is C31H36F3N8O4+. The molecule has 1 unspecified atom stereocenters. The molecule has 0 amide bonds. The highest BCUT2D eigenvalue weighted by Crippen LogP contribution is 2.39. The number of likely N-dealkylation sites (N-methyl/N-ethyl adjacent to an activating group) is 1. The lowest BCUT2D eigenvalue weighted by Crippen LogP contribution is -2.41. The zero-order valence-corrected chi connectivity index (χ0v) is 26.1. The molecule has 3 heterocycles. The maximum Gasteiger partial charge on any atom is 0.320 e. The first-order valence-corrected chi connectivity index (χ1v) is 14.2. The lowest BCUT2D eigenvalue weighted by molar-refractivity contribution is -0.756. The summed E-state index contributed by atoms with van der Waals surface area (Å²) in [6.45, 7) is 6.99. The zero-order valence-electron chi connectivity index (χ0n) is 26.1. The number of rotatable bonds is 14. The van der Waals surface area contributed by atoms with Crippen molar-refractivity contribution >= 4 is 11.8 Å². The highest BCUT2D eigenvalue weighted by Gasteiger charge is 2.43. The number of hydrogen-bond acceptors (Lipinski definition) is 10. The molecule has 46 heavy (non-hydrogen) atoms. The van der Waals surface area contributed by atoms with Crippen molar-refractivity contribution in [1.82, 2.24) is 29.6 Å². The number of esters is 1. The van der Waals surface area contributed by atoms with E-state index in [0.29, 0.717) is 17.4 Å². The van der Waals surface area contributed by atoms with Crippen molar-refractivity contribution in [3.8, 4) is 0 Å². The predicted octanol–water partition coefficient (Wildman–Crippen LogP) is 3.21. The molecule has 3 aromatic heterocycles. The van der Waals surface area contributed by atoms with E-state index in [-0.39, 0.29) is 42.8 Å². The summed E-state index contributed by atoms with van der Waals surface area (Å²) in [5, 5.41) is 16.2. The molecule has 1 N–H and O–H groups in total. The molecule has 12 nitrogen and oxygen atoms in total. The summed E-state index contributed by atoms with van der Waals surface area (Å²) in [5.74, 6) is -3.45. The smallest absolute Gasteiger partial charge is 0.320 e. The minimum atomic E-state index is -2.11. The minimum Gasteiger partial charge on any atom is -0.460 e. The van der Waals surface area contributed by atoms with E-state index >= 15 is 4.39 Å².